The van der Waals surface area contributed by atoms with E-state index in [-0.39, 0.29) is 11.5 Å². The highest BCUT2D eigenvalue weighted by molar-refractivity contribution is 7.07. The molecule has 3 heterocycles. The standard InChI is InChI=1S/C21H19N5O3S/c1-13-4-3-5-14(8-13)21(2,29)20-22-10-17(25-20)26-7-6-15(9-18(26)27)24-19(28)16-11-30-12-23-16/h3-12,29H,1-2H3,(H,22,25)(H,24,28). The molecule has 152 valence electrons. The van der Waals surface area contributed by atoms with E-state index in [1.54, 1.807) is 23.9 Å². The van der Waals surface area contributed by atoms with E-state index in [9.17, 15) is 14.7 Å². The molecule has 30 heavy (non-hydrogen) atoms. The van der Waals surface area contributed by atoms with Gasteiger partial charge in [0, 0.05) is 23.3 Å². The summed E-state index contributed by atoms with van der Waals surface area (Å²) in [5, 5.41) is 15.3. The fourth-order valence-corrected chi connectivity index (χ4v) is 3.57. The van der Waals surface area contributed by atoms with Gasteiger partial charge in [0.15, 0.2) is 0 Å². The number of aliphatic hydroxyl groups is 1. The fraction of sp³-hybridized carbons (Fsp3) is 0.143. The van der Waals surface area contributed by atoms with Gasteiger partial charge in [0.1, 0.15) is 22.9 Å². The van der Waals surface area contributed by atoms with E-state index in [0.717, 1.165) is 5.56 Å². The predicted molar refractivity (Wildman–Crippen MR) is 114 cm³/mol. The number of aromatic nitrogens is 4. The molecule has 3 N–H and O–H groups in total. The Kier molecular flexibility index (Phi) is 5.06. The van der Waals surface area contributed by atoms with Crippen molar-refractivity contribution < 1.29 is 9.90 Å². The first kappa shape index (κ1) is 19.7. The van der Waals surface area contributed by atoms with Gasteiger partial charge in [0.05, 0.1) is 11.7 Å². The van der Waals surface area contributed by atoms with Gasteiger partial charge >= 0.3 is 0 Å². The number of nitrogens with one attached hydrogen (secondary N) is 2. The molecule has 1 atom stereocenters. The largest absolute Gasteiger partial charge is 0.377 e. The lowest BCUT2D eigenvalue weighted by molar-refractivity contribution is 0.0930. The summed E-state index contributed by atoms with van der Waals surface area (Å²) in [7, 11) is 0. The Morgan fingerprint density at radius 2 is 2.10 bits per heavy atom. The van der Waals surface area contributed by atoms with Gasteiger partial charge in [-0.3, -0.25) is 14.2 Å². The van der Waals surface area contributed by atoms with Crippen molar-refractivity contribution in [3.05, 3.63) is 92.7 Å². The maximum Gasteiger partial charge on any atom is 0.275 e. The Balaban J connectivity index is 1.59. The summed E-state index contributed by atoms with van der Waals surface area (Å²) in [5.74, 6) is 0.336. The number of hydrogen-bond acceptors (Lipinski definition) is 6. The highest BCUT2D eigenvalue weighted by Crippen LogP contribution is 2.27. The molecular formula is C21H19N5O3S. The zero-order valence-corrected chi connectivity index (χ0v) is 17.1. The van der Waals surface area contributed by atoms with Crippen molar-refractivity contribution >= 4 is 22.9 Å². The number of amides is 1. The SMILES string of the molecule is Cc1cccc(C(C)(O)c2ncc(-n3ccc(NC(=O)c4cscn4)cc3=O)[nH]2)c1. The molecule has 1 amide bonds. The number of aryl methyl sites for hydroxylation is 1. The zero-order chi connectivity index (χ0) is 21.3. The van der Waals surface area contributed by atoms with Crippen molar-refractivity contribution in [2.75, 3.05) is 5.32 Å². The number of thiazole rings is 1. The quantitative estimate of drug-likeness (QED) is 0.459. The van der Waals surface area contributed by atoms with Gasteiger partial charge in [-0.2, -0.15) is 0 Å². The first-order valence-electron chi connectivity index (χ1n) is 9.12. The number of aromatic amines is 1. The van der Waals surface area contributed by atoms with Crippen LogP contribution in [0, 0.1) is 6.92 Å². The Hall–Kier alpha value is -3.56. The fourth-order valence-electron chi connectivity index (χ4n) is 3.04. The lowest BCUT2D eigenvalue weighted by atomic mass is 9.94. The van der Waals surface area contributed by atoms with Crippen LogP contribution in [0.1, 0.15) is 34.4 Å². The lowest BCUT2D eigenvalue weighted by Crippen LogP contribution is -2.25. The second kappa shape index (κ2) is 7.69. The molecule has 0 radical (unpaired) electrons. The van der Waals surface area contributed by atoms with Gasteiger partial charge in [-0.25, -0.2) is 9.97 Å². The minimum Gasteiger partial charge on any atom is -0.377 e. The average molecular weight is 421 g/mol. The van der Waals surface area contributed by atoms with Crippen molar-refractivity contribution in [1.82, 2.24) is 19.5 Å². The van der Waals surface area contributed by atoms with Gasteiger partial charge in [0.2, 0.25) is 0 Å². The van der Waals surface area contributed by atoms with Crippen LogP contribution in [0.5, 0.6) is 0 Å². The molecule has 4 aromatic rings. The molecule has 0 fully saturated rings. The number of hydrogen-bond donors (Lipinski definition) is 3. The van der Waals surface area contributed by atoms with Crippen molar-refractivity contribution in [3.63, 3.8) is 0 Å². The Morgan fingerprint density at radius 3 is 2.80 bits per heavy atom. The van der Waals surface area contributed by atoms with Crippen LogP contribution in [0.4, 0.5) is 5.69 Å². The molecule has 8 nitrogen and oxygen atoms in total. The summed E-state index contributed by atoms with van der Waals surface area (Å²) < 4.78 is 1.35. The monoisotopic (exact) mass is 421 g/mol. The molecule has 3 aromatic heterocycles. The number of benzene rings is 1. The van der Waals surface area contributed by atoms with Crippen LogP contribution in [-0.2, 0) is 5.60 Å². The first-order chi connectivity index (χ1) is 14.3. The third kappa shape index (κ3) is 3.80. The van der Waals surface area contributed by atoms with Crippen LogP contribution >= 0.6 is 11.3 Å². The van der Waals surface area contributed by atoms with Crippen molar-refractivity contribution in [1.29, 1.82) is 0 Å². The molecule has 0 aliphatic rings. The van der Waals surface area contributed by atoms with Crippen LogP contribution in [0.15, 0.2) is 64.5 Å². The van der Waals surface area contributed by atoms with Gasteiger partial charge in [-0.1, -0.05) is 29.8 Å². The highest BCUT2D eigenvalue weighted by Gasteiger charge is 2.29. The number of imidazole rings is 1. The Labute approximate surface area is 175 Å². The third-order valence-corrected chi connectivity index (χ3v) is 5.29. The summed E-state index contributed by atoms with van der Waals surface area (Å²) in [5.41, 5.74) is 2.21. The summed E-state index contributed by atoms with van der Waals surface area (Å²) in [6.07, 6.45) is 3.01. The number of carbonyl (C=O) groups excluding carboxylic acids is 1. The Bertz CT molecular complexity index is 1260. The van der Waals surface area contributed by atoms with E-state index in [0.29, 0.717) is 28.6 Å². The molecular weight excluding hydrogens is 402 g/mol. The second-order valence-corrected chi connectivity index (χ2v) is 7.73. The van der Waals surface area contributed by atoms with E-state index in [2.05, 4.69) is 20.3 Å². The third-order valence-electron chi connectivity index (χ3n) is 4.71. The number of H-pyrrole nitrogens is 1. The molecule has 9 heteroatoms. The molecule has 0 aliphatic heterocycles. The summed E-state index contributed by atoms with van der Waals surface area (Å²) in [6.45, 7) is 3.59. The van der Waals surface area contributed by atoms with E-state index in [4.69, 9.17) is 0 Å². The number of carbonyl (C=O) groups is 1. The van der Waals surface area contributed by atoms with E-state index >= 15 is 0 Å². The number of pyridine rings is 1. The lowest BCUT2D eigenvalue weighted by Gasteiger charge is -2.21. The number of anilines is 1. The highest BCUT2D eigenvalue weighted by atomic mass is 32.1. The van der Waals surface area contributed by atoms with Gasteiger partial charge in [-0.15, -0.1) is 11.3 Å². The second-order valence-electron chi connectivity index (χ2n) is 7.01. The van der Waals surface area contributed by atoms with Crippen LogP contribution in [0.3, 0.4) is 0 Å². The van der Waals surface area contributed by atoms with E-state index in [1.807, 2.05) is 31.2 Å². The molecule has 1 unspecified atom stereocenters. The maximum absolute atomic E-state index is 12.6. The summed E-state index contributed by atoms with van der Waals surface area (Å²) >= 11 is 1.32. The molecule has 1 aromatic carbocycles. The zero-order valence-electron chi connectivity index (χ0n) is 16.3. The minimum absolute atomic E-state index is 0.292. The molecule has 0 saturated carbocycles. The molecule has 4 rings (SSSR count). The van der Waals surface area contributed by atoms with Gasteiger partial charge in [0.25, 0.3) is 11.5 Å². The van der Waals surface area contributed by atoms with E-state index in [1.165, 1.54) is 34.4 Å². The summed E-state index contributed by atoms with van der Waals surface area (Å²) in [4.78, 5) is 35.9. The maximum atomic E-state index is 12.6. The minimum atomic E-state index is -1.35. The van der Waals surface area contributed by atoms with Crippen LogP contribution in [0.2, 0.25) is 0 Å². The van der Waals surface area contributed by atoms with Crippen LogP contribution < -0.4 is 10.9 Å². The summed E-state index contributed by atoms with van der Waals surface area (Å²) in [6, 6.07) is 10.4. The van der Waals surface area contributed by atoms with Crippen molar-refractivity contribution in [3.8, 4) is 5.82 Å². The molecule has 0 saturated heterocycles. The average Bonchev–Trinajstić information content (AvgIpc) is 3.41. The number of rotatable bonds is 5. The Morgan fingerprint density at radius 1 is 1.27 bits per heavy atom. The normalized spacial score (nSPS) is 13.0. The van der Waals surface area contributed by atoms with Crippen LogP contribution in [0.25, 0.3) is 5.82 Å². The molecule has 0 aliphatic carbocycles. The number of nitrogens with zero attached hydrogens (tertiary/aromatic N) is 3. The first-order valence-corrected chi connectivity index (χ1v) is 10.1. The smallest absolute Gasteiger partial charge is 0.275 e. The van der Waals surface area contributed by atoms with E-state index < -0.39 is 5.60 Å². The topological polar surface area (TPSA) is 113 Å². The van der Waals surface area contributed by atoms with Gasteiger partial charge < -0.3 is 15.4 Å². The van der Waals surface area contributed by atoms with Gasteiger partial charge in [-0.05, 0) is 25.5 Å². The predicted octanol–water partition coefficient (Wildman–Crippen LogP) is 2.83. The van der Waals surface area contributed by atoms with Crippen LogP contribution in [-0.4, -0.2) is 30.5 Å². The van der Waals surface area contributed by atoms with Crippen molar-refractivity contribution in [2.45, 2.75) is 19.4 Å². The van der Waals surface area contributed by atoms with Crippen molar-refractivity contribution in [2.24, 2.45) is 0 Å². The molecule has 0 bridgehead atoms. The molecule has 0 spiro atoms.